The first-order chi connectivity index (χ1) is 9.67. The van der Waals surface area contributed by atoms with Crippen molar-refractivity contribution in [3.63, 3.8) is 0 Å². The van der Waals surface area contributed by atoms with Gasteiger partial charge in [-0.3, -0.25) is 4.99 Å². The molecular formula is C16H33N3O. The Hall–Kier alpha value is -0.770. The van der Waals surface area contributed by atoms with Crippen LogP contribution in [0.5, 0.6) is 0 Å². The highest BCUT2D eigenvalue weighted by Gasteiger charge is 2.23. The molecule has 118 valence electrons. The molecule has 4 nitrogen and oxygen atoms in total. The number of nitrogens with one attached hydrogen (secondary N) is 1. The molecule has 1 rings (SSSR count). The fourth-order valence-electron chi connectivity index (χ4n) is 2.89. The molecule has 2 atom stereocenters. The molecule has 0 aromatic rings. The van der Waals surface area contributed by atoms with Crippen molar-refractivity contribution in [2.75, 3.05) is 39.9 Å². The Bertz CT molecular complexity index is 271. The van der Waals surface area contributed by atoms with E-state index in [0.717, 1.165) is 57.1 Å². The van der Waals surface area contributed by atoms with E-state index >= 15 is 0 Å². The Morgan fingerprint density at radius 2 is 1.85 bits per heavy atom. The van der Waals surface area contributed by atoms with Crippen LogP contribution in [-0.2, 0) is 4.74 Å². The minimum absolute atomic E-state index is 0.759. The molecule has 1 heterocycles. The van der Waals surface area contributed by atoms with E-state index in [1.54, 1.807) is 0 Å². The summed E-state index contributed by atoms with van der Waals surface area (Å²) in [5.74, 6) is 2.57. The predicted molar refractivity (Wildman–Crippen MR) is 86.2 cm³/mol. The van der Waals surface area contributed by atoms with Gasteiger partial charge in [0.25, 0.3) is 0 Å². The zero-order chi connectivity index (χ0) is 14.8. The lowest BCUT2D eigenvalue weighted by Crippen LogP contribution is -2.48. The van der Waals surface area contributed by atoms with E-state index < -0.39 is 0 Å². The van der Waals surface area contributed by atoms with Gasteiger partial charge in [0.1, 0.15) is 0 Å². The summed E-state index contributed by atoms with van der Waals surface area (Å²) in [6, 6.07) is 0. The van der Waals surface area contributed by atoms with E-state index in [2.05, 4.69) is 36.0 Å². The van der Waals surface area contributed by atoms with Crippen LogP contribution < -0.4 is 5.32 Å². The van der Waals surface area contributed by atoms with Crippen LogP contribution >= 0.6 is 0 Å². The lowest BCUT2D eigenvalue weighted by molar-refractivity contribution is 0.129. The fraction of sp³-hybridized carbons (Fsp3) is 0.938. The van der Waals surface area contributed by atoms with Crippen LogP contribution in [0.1, 0.15) is 46.5 Å². The third-order valence-corrected chi connectivity index (χ3v) is 3.77. The summed E-state index contributed by atoms with van der Waals surface area (Å²) in [7, 11) is 1.88. The van der Waals surface area contributed by atoms with Gasteiger partial charge in [-0.25, -0.2) is 0 Å². The minimum Gasteiger partial charge on any atom is -0.381 e. The number of hydrogen-bond donors (Lipinski definition) is 1. The normalized spacial score (nSPS) is 24.0. The zero-order valence-corrected chi connectivity index (χ0v) is 13.8. The van der Waals surface area contributed by atoms with E-state index in [1.165, 1.54) is 19.3 Å². The summed E-state index contributed by atoms with van der Waals surface area (Å²) in [4.78, 5) is 6.82. The van der Waals surface area contributed by atoms with Crippen molar-refractivity contribution in [3.8, 4) is 0 Å². The third-order valence-electron chi connectivity index (χ3n) is 3.77. The van der Waals surface area contributed by atoms with Gasteiger partial charge in [-0.15, -0.1) is 0 Å². The second kappa shape index (κ2) is 10.0. The van der Waals surface area contributed by atoms with Gasteiger partial charge in [-0.05, 0) is 31.1 Å². The van der Waals surface area contributed by atoms with Gasteiger partial charge in [0, 0.05) is 39.9 Å². The second-order valence-electron chi connectivity index (χ2n) is 6.14. The Morgan fingerprint density at radius 1 is 1.20 bits per heavy atom. The van der Waals surface area contributed by atoms with E-state index in [4.69, 9.17) is 4.74 Å². The molecule has 0 aliphatic carbocycles. The van der Waals surface area contributed by atoms with Crippen molar-refractivity contribution in [1.29, 1.82) is 0 Å². The first kappa shape index (κ1) is 17.3. The van der Waals surface area contributed by atoms with Crippen molar-refractivity contribution in [3.05, 3.63) is 0 Å². The maximum Gasteiger partial charge on any atom is 0.193 e. The van der Waals surface area contributed by atoms with Crippen molar-refractivity contribution in [2.24, 2.45) is 16.8 Å². The number of piperidine rings is 1. The van der Waals surface area contributed by atoms with E-state index in [0.29, 0.717) is 0 Å². The van der Waals surface area contributed by atoms with Crippen LogP contribution in [0, 0.1) is 11.8 Å². The molecule has 1 fully saturated rings. The summed E-state index contributed by atoms with van der Waals surface area (Å²) in [6.07, 6.45) is 4.75. The van der Waals surface area contributed by atoms with E-state index in [-0.39, 0.29) is 0 Å². The molecule has 1 N–H and O–H groups in total. The number of rotatable bonds is 7. The second-order valence-corrected chi connectivity index (χ2v) is 6.14. The smallest absolute Gasteiger partial charge is 0.193 e. The van der Waals surface area contributed by atoms with Gasteiger partial charge in [0.15, 0.2) is 5.96 Å². The summed E-state index contributed by atoms with van der Waals surface area (Å²) >= 11 is 0. The third kappa shape index (κ3) is 6.60. The summed E-state index contributed by atoms with van der Waals surface area (Å²) in [5.41, 5.74) is 0. The fourth-order valence-corrected chi connectivity index (χ4v) is 2.89. The lowest BCUT2D eigenvalue weighted by Gasteiger charge is -2.37. The highest BCUT2D eigenvalue weighted by Crippen LogP contribution is 2.20. The van der Waals surface area contributed by atoms with Crippen LogP contribution in [0.2, 0.25) is 0 Å². The number of guanidine groups is 1. The molecule has 0 bridgehead atoms. The number of likely N-dealkylation sites (tertiary alicyclic amines) is 1. The van der Waals surface area contributed by atoms with Gasteiger partial charge in [0.2, 0.25) is 0 Å². The Kier molecular flexibility index (Phi) is 8.67. The van der Waals surface area contributed by atoms with Gasteiger partial charge in [-0.1, -0.05) is 27.2 Å². The Morgan fingerprint density at radius 3 is 2.45 bits per heavy atom. The van der Waals surface area contributed by atoms with Crippen molar-refractivity contribution >= 4 is 5.96 Å². The standard InChI is InChI=1S/C16H33N3O/c1-5-6-9-20-10-7-8-18-16(17-4)19-12-14(2)11-15(3)13-19/h14-15H,5-13H2,1-4H3,(H,17,18). The molecule has 0 spiro atoms. The predicted octanol–water partition coefficient (Wildman–Crippen LogP) is 2.75. The van der Waals surface area contributed by atoms with Crippen LogP contribution in [0.25, 0.3) is 0 Å². The van der Waals surface area contributed by atoms with Crippen LogP contribution in [0.15, 0.2) is 4.99 Å². The number of hydrogen-bond acceptors (Lipinski definition) is 2. The maximum atomic E-state index is 5.58. The van der Waals surface area contributed by atoms with Crippen LogP contribution in [0.4, 0.5) is 0 Å². The molecule has 2 unspecified atom stereocenters. The van der Waals surface area contributed by atoms with Crippen LogP contribution in [-0.4, -0.2) is 50.8 Å². The van der Waals surface area contributed by atoms with Crippen molar-refractivity contribution < 1.29 is 4.74 Å². The number of unbranched alkanes of at least 4 members (excludes halogenated alkanes) is 1. The first-order valence-corrected chi connectivity index (χ1v) is 8.20. The lowest BCUT2D eigenvalue weighted by atomic mass is 9.92. The van der Waals surface area contributed by atoms with Gasteiger partial charge in [0.05, 0.1) is 0 Å². The topological polar surface area (TPSA) is 36.9 Å². The van der Waals surface area contributed by atoms with Crippen molar-refractivity contribution in [2.45, 2.75) is 46.5 Å². The zero-order valence-electron chi connectivity index (χ0n) is 13.8. The number of ether oxygens (including phenoxy) is 1. The summed E-state index contributed by atoms with van der Waals surface area (Å²) in [6.45, 7) is 11.8. The molecule has 0 saturated carbocycles. The molecule has 0 amide bonds. The van der Waals surface area contributed by atoms with E-state index in [9.17, 15) is 0 Å². The highest BCUT2D eigenvalue weighted by atomic mass is 16.5. The molecule has 0 radical (unpaired) electrons. The maximum absolute atomic E-state index is 5.58. The molecule has 0 aromatic heterocycles. The van der Waals surface area contributed by atoms with E-state index in [1.807, 2.05) is 7.05 Å². The van der Waals surface area contributed by atoms with Crippen LogP contribution in [0.3, 0.4) is 0 Å². The van der Waals surface area contributed by atoms with Gasteiger partial charge >= 0.3 is 0 Å². The highest BCUT2D eigenvalue weighted by molar-refractivity contribution is 5.79. The first-order valence-electron chi connectivity index (χ1n) is 8.20. The summed E-state index contributed by atoms with van der Waals surface area (Å²) in [5, 5.41) is 3.47. The average Bonchev–Trinajstić information content (AvgIpc) is 2.41. The van der Waals surface area contributed by atoms with Gasteiger partial charge in [-0.2, -0.15) is 0 Å². The molecule has 1 saturated heterocycles. The molecule has 4 heteroatoms. The van der Waals surface area contributed by atoms with Crippen molar-refractivity contribution in [1.82, 2.24) is 10.2 Å². The molecule has 1 aliphatic heterocycles. The van der Waals surface area contributed by atoms with Gasteiger partial charge < -0.3 is 15.0 Å². The Labute approximate surface area is 125 Å². The quantitative estimate of drug-likeness (QED) is 0.443. The number of aliphatic imine (C=N–C) groups is 1. The summed E-state index contributed by atoms with van der Waals surface area (Å²) < 4.78 is 5.58. The average molecular weight is 283 g/mol. The largest absolute Gasteiger partial charge is 0.381 e. The molecule has 20 heavy (non-hydrogen) atoms. The SMILES string of the molecule is CCCCOCCCNC(=NC)N1CC(C)CC(C)C1. The molecule has 0 aromatic carbocycles. The molecular weight excluding hydrogens is 250 g/mol. The monoisotopic (exact) mass is 283 g/mol. The number of nitrogens with zero attached hydrogens (tertiary/aromatic N) is 2. The molecule has 1 aliphatic rings. The minimum atomic E-state index is 0.759. The Balaban J connectivity index is 2.19.